The Morgan fingerprint density at radius 3 is 2.45 bits per heavy atom. The van der Waals surface area contributed by atoms with Crippen molar-refractivity contribution in [2.45, 2.75) is 0 Å². The molecular formula is C22H14F3N3O. The summed E-state index contributed by atoms with van der Waals surface area (Å²) in [5.74, 6) is -1.76. The predicted molar refractivity (Wildman–Crippen MR) is 103 cm³/mol. The van der Waals surface area contributed by atoms with Crippen molar-refractivity contribution in [1.29, 1.82) is 0 Å². The molecule has 0 radical (unpaired) electrons. The average molecular weight is 393 g/mol. The molecule has 4 nitrogen and oxygen atoms in total. The normalized spacial score (nSPS) is 10.8. The first-order chi connectivity index (χ1) is 14.0. The van der Waals surface area contributed by atoms with E-state index in [0.29, 0.717) is 28.6 Å². The summed E-state index contributed by atoms with van der Waals surface area (Å²) in [5, 5.41) is 8.16. The van der Waals surface area contributed by atoms with Gasteiger partial charge in [-0.2, -0.15) is 10.2 Å². The van der Waals surface area contributed by atoms with Crippen LogP contribution in [0.5, 0.6) is 5.75 Å². The maximum absolute atomic E-state index is 14.3. The molecule has 4 rings (SSSR count). The first kappa shape index (κ1) is 18.6. The molecule has 0 aliphatic rings. The Hall–Kier alpha value is -3.74. The molecule has 0 aliphatic heterocycles. The minimum absolute atomic E-state index is 0.0697. The summed E-state index contributed by atoms with van der Waals surface area (Å²) in [6.45, 7) is 0. The molecule has 4 aromatic rings. The molecule has 0 spiro atoms. The summed E-state index contributed by atoms with van der Waals surface area (Å²) < 4.78 is 46.8. The van der Waals surface area contributed by atoms with Crippen LogP contribution in [-0.2, 0) is 0 Å². The molecule has 0 N–H and O–H groups in total. The third kappa shape index (κ3) is 3.80. The molecule has 0 amide bonds. The van der Waals surface area contributed by atoms with Gasteiger partial charge in [0, 0.05) is 22.8 Å². The molecule has 0 saturated carbocycles. The number of nitrogens with zero attached hydrogens (tertiary/aromatic N) is 3. The zero-order valence-electron chi connectivity index (χ0n) is 15.2. The van der Waals surface area contributed by atoms with Crippen LogP contribution >= 0.6 is 0 Å². The van der Waals surface area contributed by atoms with Crippen LogP contribution in [0.15, 0.2) is 67.0 Å². The van der Waals surface area contributed by atoms with Crippen molar-refractivity contribution in [3.8, 4) is 39.4 Å². The molecular weight excluding hydrogens is 379 g/mol. The van der Waals surface area contributed by atoms with Crippen LogP contribution in [0.1, 0.15) is 0 Å². The van der Waals surface area contributed by atoms with Crippen molar-refractivity contribution in [3.63, 3.8) is 0 Å². The van der Waals surface area contributed by atoms with Gasteiger partial charge in [-0.3, -0.25) is 4.98 Å². The Kier molecular flexibility index (Phi) is 4.95. The molecule has 0 unspecified atom stereocenters. The molecule has 0 saturated heterocycles. The molecule has 7 heteroatoms. The van der Waals surface area contributed by atoms with E-state index in [0.717, 1.165) is 11.8 Å². The van der Waals surface area contributed by atoms with Crippen molar-refractivity contribution < 1.29 is 17.9 Å². The number of pyridine rings is 1. The topological polar surface area (TPSA) is 47.9 Å². The number of aromatic nitrogens is 3. The standard InChI is InChI=1S/C22H14F3N3O/c1-29-17-4-2-3-14(7-17)21-9-15(11-27-28-21)13-5-6-19(24)18(8-13)22-20(25)10-16(23)12-26-22/h2-12H,1H3. The van der Waals surface area contributed by atoms with Gasteiger partial charge in [0.25, 0.3) is 0 Å². The molecule has 144 valence electrons. The van der Waals surface area contributed by atoms with E-state index in [4.69, 9.17) is 4.74 Å². The van der Waals surface area contributed by atoms with E-state index >= 15 is 0 Å². The summed E-state index contributed by atoms with van der Waals surface area (Å²) in [6.07, 6.45) is 2.37. The smallest absolute Gasteiger partial charge is 0.152 e. The first-order valence-electron chi connectivity index (χ1n) is 8.63. The number of hydrogen-bond donors (Lipinski definition) is 0. The third-order valence-corrected chi connectivity index (χ3v) is 4.38. The Bertz CT molecular complexity index is 1200. The lowest BCUT2D eigenvalue weighted by atomic mass is 10.0. The highest BCUT2D eigenvalue weighted by atomic mass is 19.1. The monoisotopic (exact) mass is 393 g/mol. The fourth-order valence-electron chi connectivity index (χ4n) is 2.95. The lowest BCUT2D eigenvalue weighted by Gasteiger charge is -2.09. The fraction of sp³-hybridized carbons (Fsp3) is 0.0455. The molecule has 2 aromatic carbocycles. The third-order valence-electron chi connectivity index (χ3n) is 4.38. The molecule has 0 atom stereocenters. The lowest BCUT2D eigenvalue weighted by molar-refractivity contribution is 0.415. The second-order valence-electron chi connectivity index (χ2n) is 6.24. The Labute approximate surface area is 164 Å². The second-order valence-corrected chi connectivity index (χ2v) is 6.24. The SMILES string of the molecule is COc1cccc(-c2cc(-c3ccc(F)c(-c4ncc(F)cc4F)c3)cnn2)c1. The van der Waals surface area contributed by atoms with E-state index in [2.05, 4.69) is 15.2 Å². The number of benzene rings is 2. The molecule has 0 aliphatic carbocycles. The highest BCUT2D eigenvalue weighted by Crippen LogP contribution is 2.31. The highest BCUT2D eigenvalue weighted by molar-refractivity contribution is 5.74. The van der Waals surface area contributed by atoms with E-state index < -0.39 is 17.5 Å². The van der Waals surface area contributed by atoms with Crippen LogP contribution in [0.2, 0.25) is 0 Å². The number of hydrogen-bond acceptors (Lipinski definition) is 4. The van der Waals surface area contributed by atoms with Gasteiger partial charge in [0.2, 0.25) is 0 Å². The lowest BCUT2D eigenvalue weighted by Crippen LogP contribution is -1.95. The van der Waals surface area contributed by atoms with Crippen LogP contribution < -0.4 is 4.74 Å². The van der Waals surface area contributed by atoms with Gasteiger partial charge < -0.3 is 4.74 Å². The molecule has 2 heterocycles. The van der Waals surface area contributed by atoms with Gasteiger partial charge in [-0.1, -0.05) is 18.2 Å². The fourth-order valence-corrected chi connectivity index (χ4v) is 2.95. The van der Waals surface area contributed by atoms with Crippen molar-refractivity contribution >= 4 is 0 Å². The van der Waals surface area contributed by atoms with Gasteiger partial charge in [-0.25, -0.2) is 13.2 Å². The van der Waals surface area contributed by atoms with E-state index in [9.17, 15) is 13.2 Å². The van der Waals surface area contributed by atoms with Crippen LogP contribution in [0.25, 0.3) is 33.6 Å². The minimum Gasteiger partial charge on any atom is -0.497 e. The Morgan fingerprint density at radius 2 is 1.66 bits per heavy atom. The van der Waals surface area contributed by atoms with Gasteiger partial charge in [0.05, 0.1) is 25.2 Å². The number of rotatable bonds is 4. The quantitative estimate of drug-likeness (QED) is 0.472. The van der Waals surface area contributed by atoms with Crippen molar-refractivity contribution in [3.05, 3.63) is 84.4 Å². The van der Waals surface area contributed by atoms with Crippen molar-refractivity contribution in [1.82, 2.24) is 15.2 Å². The van der Waals surface area contributed by atoms with Crippen LogP contribution in [0.4, 0.5) is 13.2 Å². The zero-order chi connectivity index (χ0) is 20.4. The number of ether oxygens (including phenoxy) is 1. The average Bonchev–Trinajstić information content (AvgIpc) is 2.75. The molecule has 0 bridgehead atoms. The van der Waals surface area contributed by atoms with E-state index in [1.54, 1.807) is 19.2 Å². The summed E-state index contributed by atoms with van der Waals surface area (Å²) in [4.78, 5) is 3.70. The van der Waals surface area contributed by atoms with E-state index in [1.165, 1.54) is 18.3 Å². The van der Waals surface area contributed by atoms with Gasteiger partial charge in [0.15, 0.2) is 5.82 Å². The van der Waals surface area contributed by atoms with Crippen molar-refractivity contribution in [2.24, 2.45) is 0 Å². The largest absolute Gasteiger partial charge is 0.497 e. The van der Waals surface area contributed by atoms with Gasteiger partial charge in [-0.05, 0) is 35.9 Å². The van der Waals surface area contributed by atoms with Gasteiger partial charge in [-0.15, -0.1) is 0 Å². The van der Waals surface area contributed by atoms with E-state index in [-0.39, 0.29) is 11.3 Å². The summed E-state index contributed by atoms with van der Waals surface area (Å²) in [7, 11) is 1.57. The van der Waals surface area contributed by atoms with E-state index in [1.807, 2.05) is 24.3 Å². The minimum atomic E-state index is -0.939. The zero-order valence-corrected chi connectivity index (χ0v) is 15.2. The van der Waals surface area contributed by atoms with Gasteiger partial charge >= 0.3 is 0 Å². The summed E-state index contributed by atoms with van der Waals surface area (Å²) >= 11 is 0. The van der Waals surface area contributed by atoms with Crippen LogP contribution in [0.3, 0.4) is 0 Å². The van der Waals surface area contributed by atoms with Gasteiger partial charge in [0.1, 0.15) is 23.1 Å². The molecule has 29 heavy (non-hydrogen) atoms. The van der Waals surface area contributed by atoms with Crippen molar-refractivity contribution in [2.75, 3.05) is 7.11 Å². The Balaban J connectivity index is 1.78. The number of halogens is 3. The predicted octanol–water partition coefficient (Wildman–Crippen LogP) is 5.30. The second kappa shape index (κ2) is 7.71. The maximum atomic E-state index is 14.3. The number of methoxy groups -OCH3 is 1. The first-order valence-corrected chi connectivity index (χ1v) is 8.63. The highest BCUT2D eigenvalue weighted by Gasteiger charge is 2.15. The summed E-state index contributed by atoms with van der Waals surface area (Å²) in [6, 6.07) is 14.0. The maximum Gasteiger partial charge on any atom is 0.152 e. The molecule has 2 aromatic heterocycles. The summed E-state index contributed by atoms with van der Waals surface area (Å²) in [5.41, 5.74) is 2.30. The van der Waals surface area contributed by atoms with Crippen LogP contribution in [-0.4, -0.2) is 22.3 Å². The molecule has 0 fully saturated rings. The van der Waals surface area contributed by atoms with Crippen LogP contribution in [0, 0.1) is 17.5 Å². The Morgan fingerprint density at radius 1 is 0.793 bits per heavy atom.